The number of aromatic nitrogens is 4. The van der Waals surface area contributed by atoms with Gasteiger partial charge in [0.15, 0.2) is 0 Å². The molecule has 0 saturated carbocycles. The highest BCUT2D eigenvalue weighted by molar-refractivity contribution is 5.80. The Hall–Kier alpha value is -3.54. The van der Waals surface area contributed by atoms with Gasteiger partial charge in [-0.15, -0.1) is 10.2 Å². The summed E-state index contributed by atoms with van der Waals surface area (Å²) < 4.78 is 11.7. The van der Waals surface area contributed by atoms with E-state index in [2.05, 4.69) is 34.5 Å². The lowest BCUT2D eigenvalue weighted by Crippen LogP contribution is -2.09. The molecule has 0 atom stereocenters. The van der Waals surface area contributed by atoms with Gasteiger partial charge in [-0.2, -0.15) is 0 Å². The molecule has 2 heterocycles. The number of hydrogen-bond acceptors (Lipinski definition) is 6. The predicted molar refractivity (Wildman–Crippen MR) is 126 cm³/mol. The van der Waals surface area contributed by atoms with Crippen molar-refractivity contribution in [2.24, 2.45) is 0 Å². The summed E-state index contributed by atoms with van der Waals surface area (Å²) in [7, 11) is 0. The van der Waals surface area contributed by atoms with Crippen molar-refractivity contribution < 1.29 is 9.15 Å². The maximum Gasteiger partial charge on any atom is 0.241 e. The molecule has 0 saturated heterocycles. The average Bonchev–Trinajstić information content (AvgIpc) is 3.25. The predicted octanol–water partition coefficient (Wildman–Crippen LogP) is 6.24. The van der Waals surface area contributed by atoms with Crippen molar-refractivity contribution in [1.82, 2.24) is 20.2 Å². The third kappa shape index (κ3) is 5.19. The lowest BCUT2D eigenvalue weighted by Gasteiger charge is -2.14. The summed E-state index contributed by atoms with van der Waals surface area (Å²) >= 11 is 0. The minimum Gasteiger partial charge on any atom is -0.473 e. The molecule has 0 unspecified atom stereocenters. The highest BCUT2D eigenvalue weighted by Gasteiger charge is 2.14. The number of nitrogens with zero attached hydrogens (tertiary/aromatic N) is 4. The minimum absolute atomic E-state index is 0.00759. The lowest BCUT2D eigenvalue weighted by atomic mass is 10.1. The van der Waals surface area contributed by atoms with Gasteiger partial charge in [-0.25, -0.2) is 9.97 Å². The second kappa shape index (κ2) is 9.73. The van der Waals surface area contributed by atoms with Crippen LogP contribution in [0.5, 0.6) is 5.88 Å². The normalized spacial score (nSPS) is 11.8. The Morgan fingerprint density at radius 1 is 0.938 bits per heavy atom. The van der Waals surface area contributed by atoms with Crippen molar-refractivity contribution >= 4 is 17.1 Å². The Balaban J connectivity index is 1.54. The van der Waals surface area contributed by atoms with Gasteiger partial charge in [0, 0.05) is 17.9 Å². The average molecular weight is 429 g/mol. The molecule has 6 heteroatoms. The van der Waals surface area contributed by atoms with Crippen molar-refractivity contribution in [2.75, 3.05) is 0 Å². The van der Waals surface area contributed by atoms with E-state index in [1.165, 1.54) is 0 Å². The molecule has 0 aliphatic carbocycles. The van der Waals surface area contributed by atoms with Gasteiger partial charge in [-0.05, 0) is 44.0 Å². The van der Waals surface area contributed by atoms with Crippen molar-refractivity contribution in [3.05, 3.63) is 72.0 Å². The van der Waals surface area contributed by atoms with Gasteiger partial charge >= 0.3 is 0 Å². The molecule has 0 amide bonds. The van der Waals surface area contributed by atoms with Crippen LogP contribution < -0.4 is 4.74 Å². The summed E-state index contributed by atoms with van der Waals surface area (Å²) in [6.45, 7) is 8.07. The van der Waals surface area contributed by atoms with E-state index < -0.39 is 0 Å². The number of para-hydroxylation sites is 2. The van der Waals surface area contributed by atoms with Gasteiger partial charge in [0.25, 0.3) is 0 Å². The Labute approximate surface area is 188 Å². The van der Waals surface area contributed by atoms with E-state index in [1.807, 2.05) is 64.1 Å². The zero-order valence-electron chi connectivity index (χ0n) is 18.9. The minimum atomic E-state index is 0.00759. The second-order valence-electron chi connectivity index (χ2n) is 8.29. The molecule has 2 aromatic carbocycles. The standard InChI is InChI=1S/C26H28N4O2/c1-17(2)25-30-29-23(32-25)15-8-5-10-19-11-9-12-20(16-19)24-26(31-18(3)4)28-22-14-7-6-13-21(22)27-24/h5-7,9-14,16-18H,8,15H2,1-4H3. The highest BCUT2D eigenvalue weighted by Crippen LogP contribution is 2.30. The summed E-state index contributed by atoms with van der Waals surface area (Å²) in [4.78, 5) is 9.57. The molecular weight excluding hydrogens is 400 g/mol. The van der Waals surface area contributed by atoms with Crippen LogP contribution >= 0.6 is 0 Å². The molecule has 164 valence electrons. The maximum atomic E-state index is 6.00. The van der Waals surface area contributed by atoms with Crippen LogP contribution in [-0.2, 0) is 6.42 Å². The molecule has 0 bridgehead atoms. The van der Waals surface area contributed by atoms with E-state index in [0.717, 1.165) is 40.7 Å². The first-order chi connectivity index (χ1) is 15.5. The molecular formula is C26H28N4O2. The molecule has 0 aliphatic rings. The Bertz CT molecular complexity index is 1230. The first-order valence-corrected chi connectivity index (χ1v) is 11.0. The summed E-state index contributed by atoms with van der Waals surface area (Å²) in [5, 5.41) is 8.20. The third-order valence-corrected chi connectivity index (χ3v) is 4.86. The lowest BCUT2D eigenvalue weighted by molar-refractivity contribution is 0.234. The molecule has 4 aromatic rings. The number of rotatable bonds is 8. The van der Waals surface area contributed by atoms with Crippen LogP contribution in [0.25, 0.3) is 28.4 Å². The Kier molecular flexibility index (Phi) is 6.59. The smallest absolute Gasteiger partial charge is 0.241 e. The van der Waals surface area contributed by atoms with Crippen molar-refractivity contribution in [3.63, 3.8) is 0 Å². The van der Waals surface area contributed by atoms with Gasteiger partial charge in [0.05, 0.1) is 17.1 Å². The van der Waals surface area contributed by atoms with Gasteiger partial charge in [-0.1, -0.05) is 56.3 Å². The van der Waals surface area contributed by atoms with E-state index >= 15 is 0 Å². The molecule has 0 fully saturated rings. The Morgan fingerprint density at radius 2 is 1.72 bits per heavy atom. The van der Waals surface area contributed by atoms with Crippen molar-refractivity contribution in [2.45, 2.75) is 52.6 Å². The van der Waals surface area contributed by atoms with Gasteiger partial charge in [0.1, 0.15) is 5.69 Å². The van der Waals surface area contributed by atoms with E-state index in [9.17, 15) is 0 Å². The molecule has 2 aromatic heterocycles. The van der Waals surface area contributed by atoms with Crippen LogP contribution in [0.2, 0.25) is 0 Å². The van der Waals surface area contributed by atoms with Crippen LogP contribution in [-0.4, -0.2) is 26.3 Å². The van der Waals surface area contributed by atoms with Crippen LogP contribution in [0.3, 0.4) is 0 Å². The largest absolute Gasteiger partial charge is 0.473 e. The van der Waals surface area contributed by atoms with Crippen molar-refractivity contribution in [3.8, 4) is 17.1 Å². The fourth-order valence-corrected chi connectivity index (χ4v) is 3.29. The molecule has 0 N–H and O–H groups in total. The van der Waals surface area contributed by atoms with Crippen LogP contribution in [0.1, 0.15) is 57.4 Å². The zero-order chi connectivity index (χ0) is 22.5. The molecule has 0 radical (unpaired) electrons. The summed E-state index contributed by atoms with van der Waals surface area (Å²) in [5.74, 6) is 2.16. The van der Waals surface area contributed by atoms with E-state index in [0.29, 0.717) is 17.7 Å². The van der Waals surface area contributed by atoms with Crippen molar-refractivity contribution in [1.29, 1.82) is 0 Å². The number of fused-ring (bicyclic) bond motifs is 1. The zero-order valence-corrected chi connectivity index (χ0v) is 18.9. The molecule has 32 heavy (non-hydrogen) atoms. The quantitative estimate of drug-likeness (QED) is 0.331. The van der Waals surface area contributed by atoms with E-state index in [-0.39, 0.29) is 12.0 Å². The van der Waals surface area contributed by atoms with Gasteiger partial charge < -0.3 is 9.15 Å². The van der Waals surface area contributed by atoms with Crippen LogP contribution in [0.15, 0.2) is 59.0 Å². The first kappa shape index (κ1) is 21.7. The maximum absolute atomic E-state index is 6.00. The summed E-state index contributed by atoms with van der Waals surface area (Å²) in [5.41, 5.74) is 4.48. The molecule has 0 spiro atoms. The van der Waals surface area contributed by atoms with Crippen LogP contribution in [0.4, 0.5) is 0 Å². The summed E-state index contributed by atoms with van der Waals surface area (Å²) in [6.07, 6.45) is 5.77. The van der Waals surface area contributed by atoms with Gasteiger partial charge in [-0.3, -0.25) is 0 Å². The van der Waals surface area contributed by atoms with Crippen LogP contribution in [0, 0.1) is 0 Å². The Morgan fingerprint density at radius 3 is 2.44 bits per heavy atom. The van der Waals surface area contributed by atoms with E-state index in [4.69, 9.17) is 19.1 Å². The number of benzene rings is 2. The molecule has 0 aliphatic heterocycles. The highest BCUT2D eigenvalue weighted by atomic mass is 16.5. The fourth-order valence-electron chi connectivity index (χ4n) is 3.29. The molecule has 4 rings (SSSR count). The fraction of sp³-hybridized carbons (Fsp3) is 0.308. The second-order valence-corrected chi connectivity index (χ2v) is 8.29. The number of hydrogen-bond donors (Lipinski definition) is 0. The number of allylic oxidation sites excluding steroid dienone is 1. The number of aryl methyl sites for hydroxylation is 1. The van der Waals surface area contributed by atoms with E-state index in [1.54, 1.807) is 0 Å². The SMILES string of the molecule is CC(C)Oc1nc2ccccc2nc1-c1cccc(C=CCCc2nnc(C(C)C)o2)c1. The summed E-state index contributed by atoms with van der Waals surface area (Å²) in [6, 6.07) is 16.1. The topological polar surface area (TPSA) is 73.9 Å². The third-order valence-electron chi connectivity index (χ3n) is 4.86. The number of ether oxygens (including phenoxy) is 1. The first-order valence-electron chi connectivity index (χ1n) is 11.0. The molecule has 6 nitrogen and oxygen atoms in total. The monoisotopic (exact) mass is 428 g/mol. The van der Waals surface area contributed by atoms with Gasteiger partial charge in [0.2, 0.25) is 17.7 Å².